The summed E-state index contributed by atoms with van der Waals surface area (Å²) in [6.07, 6.45) is 3.36. The average molecular weight is 342 g/mol. The molecule has 1 heterocycles. The van der Waals surface area contributed by atoms with Crippen LogP contribution in [0.2, 0.25) is 0 Å². The monoisotopic (exact) mass is 341 g/mol. The minimum atomic E-state index is 0.142. The Morgan fingerprint density at radius 1 is 1.12 bits per heavy atom. The minimum absolute atomic E-state index is 0.142. The lowest BCUT2D eigenvalue weighted by Gasteiger charge is -2.36. The number of methoxy groups -OCH3 is 1. The summed E-state index contributed by atoms with van der Waals surface area (Å²) in [5, 5.41) is 4.03. The molecule has 1 aliphatic rings. The third-order valence-corrected chi connectivity index (χ3v) is 6.38. The van der Waals surface area contributed by atoms with Crippen molar-refractivity contribution in [2.75, 3.05) is 19.5 Å². The van der Waals surface area contributed by atoms with E-state index in [1.807, 2.05) is 11.8 Å². The van der Waals surface area contributed by atoms with Gasteiger partial charge in [0.2, 0.25) is 0 Å². The van der Waals surface area contributed by atoms with Crippen molar-refractivity contribution >= 4 is 11.8 Å². The molecule has 0 spiro atoms. The van der Waals surface area contributed by atoms with Crippen LogP contribution in [-0.4, -0.2) is 25.0 Å². The van der Waals surface area contributed by atoms with Crippen LogP contribution in [0.5, 0.6) is 0 Å². The van der Waals surface area contributed by atoms with Crippen molar-refractivity contribution in [2.24, 2.45) is 0 Å². The Balaban J connectivity index is 1.95. The molecule has 0 aliphatic carbocycles. The van der Waals surface area contributed by atoms with Gasteiger partial charge in [-0.05, 0) is 36.5 Å². The summed E-state index contributed by atoms with van der Waals surface area (Å²) in [4.78, 5) is 1.40. The third-order valence-electron chi connectivity index (χ3n) is 5.00. The van der Waals surface area contributed by atoms with Gasteiger partial charge >= 0.3 is 0 Å². The Kier molecular flexibility index (Phi) is 5.99. The molecule has 3 heteroatoms. The number of ether oxygens (including phenoxy) is 1. The van der Waals surface area contributed by atoms with Crippen molar-refractivity contribution in [3.05, 3.63) is 65.7 Å². The van der Waals surface area contributed by atoms with Crippen LogP contribution in [-0.2, 0) is 4.74 Å². The van der Waals surface area contributed by atoms with Gasteiger partial charge < -0.3 is 4.74 Å². The zero-order valence-corrected chi connectivity index (χ0v) is 15.4. The van der Waals surface area contributed by atoms with E-state index in [0.29, 0.717) is 0 Å². The summed E-state index contributed by atoms with van der Waals surface area (Å²) in [6, 6.07) is 19.9. The van der Waals surface area contributed by atoms with Gasteiger partial charge in [-0.3, -0.25) is 5.32 Å². The van der Waals surface area contributed by atoms with E-state index < -0.39 is 0 Å². The van der Waals surface area contributed by atoms with Crippen LogP contribution in [0.25, 0.3) is 0 Å². The van der Waals surface area contributed by atoms with Crippen LogP contribution >= 0.6 is 11.8 Å². The van der Waals surface area contributed by atoms with Crippen LogP contribution in [0.4, 0.5) is 0 Å². The summed E-state index contributed by atoms with van der Waals surface area (Å²) in [5.74, 6) is 1.10. The van der Waals surface area contributed by atoms with Gasteiger partial charge in [0.15, 0.2) is 0 Å². The van der Waals surface area contributed by atoms with E-state index >= 15 is 0 Å². The molecule has 0 saturated heterocycles. The smallest absolute Gasteiger partial charge is 0.0592 e. The predicted octanol–water partition coefficient (Wildman–Crippen LogP) is 5.05. The molecule has 2 aromatic rings. The molecule has 0 bridgehead atoms. The standard InChI is InChI=1S/C21H27NOS/c1-3-21(14-9-15-23-2)16-24-19-13-8-7-12-18(19)20(22-21)17-10-5-4-6-11-17/h4-8,10-13,20,22H,3,9,14-16H2,1-2H3/t20-,21+/m0/s1. The van der Waals surface area contributed by atoms with Crippen LogP contribution in [0.3, 0.4) is 0 Å². The van der Waals surface area contributed by atoms with Gasteiger partial charge in [0, 0.05) is 29.9 Å². The molecule has 2 aromatic carbocycles. The molecule has 0 aromatic heterocycles. The summed E-state index contributed by atoms with van der Waals surface area (Å²) in [7, 11) is 1.79. The molecule has 0 radical (unpaired) electrons. The molecule has 0 unspecified atom stereocenters. The molecule has 0 saturated carbocycles. The highest BCUT2D eigenvalue weighted by molar-refractivity contribution is 7.99. The van der Waals surface area contributed by atoms with Crippen molar-refractivity contribution in [3.8, 4) is 0 Å². The van der Waals surface area contributed by atoms with Gasteiger partial charge in [0.25, 0.3) is 0 Å². The number of benzene rings is 2. The van der Waals surface area contributed by atoms with Gasteiger partial charge in [0.05, 0.1) is 6.04 Å². The van der Waals surface area contributed by atoms with E-state index in [2.05, 4.69) is 66.8 Å². The number of fused-ring (bicyclic) bond motifs is 1. The first-order valence-corrected chi connectivity index (χ1v) is 9.80. The predicted molar refractivity (Wildman–Crippen MR) is 103 cm³/mol. The summed E-state index contributed by atoms with van der Waals surface area (Å²) in [5.41, 5.74) is 2.88. The summed E-state index contributed by atoms with van der Waals surface area (Å²) < 4.78 is 5.29. The largest absolute Gasteiger partial charge is 0.385 e. The number of nitrogens with one attached hydrogen (secondary N) is 1. The molecule has 0 fully saturated rings. The van der Waals surface area contributed by atoms with Gasteiger partial charge in [-0.1, -0.05) is 55.5 Å². The number of thioether (sulfide) groups is 1. The maximum absolute atomic E-state index is 5.29. The van der Waals surface area contributed by atoms with Gasteiger partial charge in [-0.25, -0.2) is 0 Å². The molecule has 3 rings (SSSR count). The summed E-state index contributed by atoms with van der Waals surface area (Å²) in [6.45, 7) is 3.13. The minimum Gasteiger partial charge on any atom is -0.385 e. The molecule has 24 heavy (non-hydrogen) atoms. The Labute approximate surface area is 150 Å². The van der Waals surface area contributed by atoms with Crippen molar-refractivity contribution in [1.29, 1.82) is 0 Å². The molecule has 1 N–H and O–H groups in total. The quantitative estimate of drug-likeness (QED) is 0.743. The Morgan fingerprint density at radius 2 is 1.88 bits per heavy atom. The lowest BCUT2D eigenvalue weighted by Crippen LogP contribution is -2.48. The molecular weight excluding hydrogens is 314 g/mol. The second kappa shape index (κ2) is 8.19. The molecule has 0 amide bonds. The highest BCUT2D eigenvalue weighted by atomic mass is 32.2. The number of hydrogen-bond acceptors (Lipinski definition) is 3. The zero-order valence-electron chi connectivity index (χ0n) is 14.6. The zero-order chi connectivity index (χ0) is 16.8. The van der Waals surface area contributed by atoms with Gasteiger partial charge in [-0.2, -0.15) is 0 Å². The first-order valence-electron chi connectivity index (χ1n) is 8.81. The molecular formula is C21H27NOS. The van der Waals surface area contributed by atoms with E-state index in [0.717, 1.165) is 31.6 Å². The van der Waals surface area contributed by atoms with Crippen LogP contribution in [0.1, 0.15) is 43.4 Å². The van der Waals surface area contributed by atoms with E-state index in [4.69, 9.17) is 4.74 Å². The SMILES string of the molecule is CC[C@@]1(CCCOC)CSc2ccccc2[C@H](c2ccccc2)N1. The lowest BCUT2D eigenvalue weighted by atomic mass is 9.88. The van der Waals surface area contributed by atoms with Crippen molar-refractivity contribution in [2.45, 2.75) is 42.7 Å². The first kappa shape index (κ1) is 17.5. The first-order chi connectivity index (χ1) is 11.8. The Morgan fingerprint density at radius 3 is 2.62 bits per heavy atom. The van der Waals surface area contributed by atoms with Crippen LogP contribution in [0, 0.1) is 0 Å². The Bertz CT molecular complexity index is 645. The molecule has 1 aliphatic heterocycles. The summed E-state index contributed by atoms with van der Waals surface area (Å²) >= 11 is 1.99. The average Bonchev–Trinajstić information content (AvgIpc) is 2.81. The fourth-order valence-electron chi connectivity index (χ4n) is 3.48. The second-order valence-electron chi connectivity index (χ2n) is 6.54. The number of hydrogen-bond donors (Lipinski definition) is 1. The maximum atomic E-state index is 5.29. The third kappa shape index (κ3) is 3.85. The van der Waals surface area contributed by atoms with E-state index in [9.17, 15) is 0 Å². The fourth-order valence-corrected chi connectivity index (χ4v) is 4.87. The van der Waals surface area contributed by atoms with Crippen molar-refractivity contribution in [1.82, 2.24) is 5.32 Å². The molecule has 2 atom stereocenters. The molecule has 128 valence electrons. The second-order valence-corrected chi connectivity index (χ2v) is 7.56. The topological polar surface area (TPSA) is 21.3 Å². The van der Waals surface area contributed by atoms with Gasteiger partial charge in [0.1, 0.15) is 0 Å². The fraction of sp³-hybridized carbons (Fsp3) is 0.429. The Hall–Kier alpha value is -1.29. The normalized spacial score (nSPS) is 23.5. The van der Waals surface area contributed by atoms with E-state index in [1.165, 1.54) is 16.0 Å². The molecule has 2 nitrogen and oxygen atoms in total. The highest BCUT2D eigenvalue weighted by Gasteiger charge is 2.35. The van der Waals surface area contributed by atoms with Gasteiger partial charge in [-0.15, -0.1) is 11.8 Å². The van der Waals surface area contributed by atoms with Crippen molar-refractivity contribution in [3.63, 3.8) is 0 Å². The van der Waals surface area contributed by atoms with Crippen LogP contribution < -0.4 is 5.32 Å². The highest BCUT2D eigenvalue weighted by Crippen LogP contribution is 2.40. The van der Waals surface area contributed by atoms with Crippen molar-refractivity contribution < 1.29 is 4.74 Å². The van der Waals surface area contributed by atoms with E-state index in [1.54, 1.807) is 7.11 Å². The lowest BCUT2D eigenvalue weighted by molar-refractivity contribution is 0.176. The maximum Gasteiger partial charge on any atom is 0.0592 e. The number of rotatable bonds is 6. The van der Waals surface area contributed by atoms with E-state index in [-0.39, 0.29) is 11.6 Å². The van der Waals surface area contributed by atoms with Crippen LogP contribution in [0.15, 0.2) is 59.5 Å².